The molecule has 0 aromatic heterocycles. The molecule has 6 nitrogen and oxygen atoms in total. The van der Waals surface area contributed by atoms with Crippen LogP contribution >= 0.6 is 11.8 Å². The van der Waals surface area contributed by atoms with Crippen molar-refractivity contribution in [2.75, 3.05) is 11.4 Å². The van der Waals surface area contributed by atoms with Crippen LogP contribution in [0.15, 0.2) is 59.5 Å². The van der Waals surface area contributed by atoms with Gasteiger partial charge in [0.1, 0.15) is 6.54 Å². The second-order valence-electron chi connectivity index (χ2n) is 8.00. The van der Waals surface area contributed by atoms with Gasteiger partial charge in [-0.25, -0.2) is 0 Å². The van der Waals surface area contributed by atoms with E-state index in [0.29, 0.717) is 12.2 Å². The molecular weight excluding hydrogens is 410 g/mol. The molecule has 3 amide bonds. The lowest BCUT2D eigenvalue weighted by atomic mass is 9.95. The standard InChI is InChI=1S/C24H27N3O3S/c28-21(26-18-11-5-2-6-12-18)16-27-19-13-7-8-14-20(19)31-22(24(27)30)23(29)25-15-17-9-3-1-4-10-17/h1,3-4,7-10,13-14,18,22H,2,5-6,11-12,15-16H2,(H,25,29)(H,26,28). The highest BCUT2D eigenvalue weighted by molar-refractivity contribution is 8.01. The molecule has 7 heteroatoms. The second kappa shape index (κ2) is 10.0. The summed E-state index contributed by atoms with van der Waals surface area (Å²) in [7, 11) is 0. The summed E-state index contributed by atoms with van der Waals surface area (Å²) in [5.41, 5.74) is 1.65. The molecule has 162 valence electrons. The zero-order valence-electron chi connectivity index (χ0n) is 17.4. The maximum Gasteiger partial charge on any atom is 0.250 e. The third kappa shape index (κ3) is 5.28. The Morgan fingerprint density at radius 3 is 2.45 bits per heavy atom. The Hall–Kier alpha value is -2.80. The Balaban J connectivity index is 1.46. The number of para-hydroxylation sites is 1. The van der Waals surface area contributed by atoms with Crippen molar-refractivity contribution in [3.05, 3.63) is 60.2 Å². The number of anilines is 1. The van der Waals surface area contributed by atoms with Crippen LogP contribution in [0.1, 0.15) is 37.7 Å². The van der Waals surface area contributed by atoms with E-state index in [1.54, 1.807) is 0 Å². The summed E-state index contributed by atoms with van der Waals surface area (Å²) < 4.78 is 0. The van der Waals surface area contributed by atoms with Crippen LogP contribution in [-0.4, -0.2) is 35.6 Å². The number of nitrogens with zero attached hydrogens (tertiary/aromatic N) is 1. The highest BCUT2D eigenvalue weighted by Crippen LogP contribution is 2.39. The van der Waals surface area contributed by atoms with E-state index in [1.165, 1.54) is 23.1 Å². The predicted octanol–water partition coefficient (Wildman–Crippen LogP) is 3.26. The first-order valence-electron chi connectivity index (χ1n) is 10.8. The average Bonchev–Trinajstić information content (AvgIpc) is 2.80. The van der Waals surface area contributed by atoms with Crippen LogP contribution in [0.2, 0.25) is 0 Å². The van der Waals surface area contributed by atoms with Crippen LogP contribution in [0.3, 0.4) is 0 Å². The van der Waals surface area contributed by atoms with Crippen molar-refractivity contribution < 1.29 is 14.4 Å². The molecular formula is C24H27N3O3S. The molecule has 2 aromatic carbocycles. The van der Waals surface area contributed by atoms with Crippen molar-refractivity contribution in [2.24, 2.45) is 0 Å². The van der Waals surface area contributed by atoms with Gasteiger partial charge in [-0.05, 0) is 30.5 Å². The molecule has 0 bridgehead atoms. The minimum Gasteiger partial charge on any atom is -0.352 e. The van der Waals surface area contributed by atoms with E-state index < -0.39 is 5.25 Å². The van der Waals surface area contributed by atoms with Gasteiger partial charge in [-0.1, -0.05) is 61.7 Å². The molecule has 2 aromatic rings. The summed E-state index contributed by atoms with van der Waals surface area (Å²) in [6, 6.07) is 17.2. The van der Waals surface area contributed by atoms with Gasteiger partial charge in [0.05, 0.1) is 5.69 Å². The SMILES string of the molecule is O=C(CN1C(=O)C(C(=O)NCc2ccccc2)Sc2ccccc21)NC1CCCCC1. The molecule has 0 spiro atoms. The zero-order valence-corrected chi connectivity index (χ0v) is 18.2. The zero-order chi connectivity index (χ0) is 21.6. The van der Waals surface area contributed by atoms with Gasteiger partial charge >= 0.3 is 0 Å². The number of rotatable bonds is 6. The van der Waals surface area contributed by atoms with Crippen LogP contribution in [0.4, 0.5) is 5.69 Å². The van der Waals surface area contributed by atoms with Crippen molar-refractivity contribution >= 4 is 35.2 Å². The van der Waals surface area contributed by atoms with Gasteiger partial charge < -0.3 is 15.5 Å². The third-order valence-electron chi connectivity index (χ3n) is 5.71. The van der Waals surface area contributed by atoms with Crippen LogP contribution in [0, 0.1) is 0 Å². The Morgan fingerprint density at radius 2 is 1.68 bits per heavy atom. The quantitative estimate of drug-likeness (QED) is 0.680. The molecule has 1 aliphatic carbocycles. The van der Waals surface area contributed by atoms with E-state index in [1.807, 2.05) is 54.6 Å². The number of carbonyl (C=O) groups is 3. The molecule has 1 atom stereocenters. The largest absolute Gasteiger partial charge is 0.352 e. The summed E-state index contributed by atoms with van der Waals surface area (Å²) in [5.74, 6) is -0.871. The van der Waals surface area contributed by atoms with Gasteiger partial charge in [0.25, 0.3) is 5.91 Å². The van der Waals surface area contributed by atoms with E-state index in [4.69, 9.17) is 0 Å². The number of hydrogen-bond donors (Lipinski definition) is 2. The molecule has 1 fully saturated rings. The number of thioether (sulfide) groups is 1. The smallest absolute Gasteiger partial charge is 0.250 e. The minimum absolute atomic E-state index is 0.0740. The molecule has 31 heavy (non-hydrogen) atoms. The Kier molecular flexibility index (Phi) is 6.92. The lowest BCUT2D eigenvalue weighted by molar-refractivity contribution is -0.129. The van der Waals surface area contributed by atoms with Crippen LogP contribution in [0.25, 0.3) is 0 Å². The highest BCUT2D eigenvalue weighted by Gasteiger charge is 2.39. The summed E-state index contributed by atoms with van der Waals surface area (Å²) >= 11 is 1.24. The fourth-order valence-corrected chi connectivity index (χ4v) is 5.22. The van der Waals surface area contributed by atoms with E-state index in [2.05, 4.69) is 10.6 Å². The summed E-state index contributed by atoms with van der Waals surface area (Å²) in [5, 5.41) is 5.01. The number of carbonyl (C=O) groups excluding carboxylic acids is 3. The number of benzene rings is 2. The first kappa shape index (κ1) is 21.4. The van der Waals surface area contributed by atoms with Crippen molar-refractivity contribution in [1.29, 1.82) is 0 Å². The van der Waals surface area contributed by atoms with Gasteiger partial charge in [-0.2, -0.15) is 0 Å². The Morgan fingerprint density at radius 1 is 0.968 bits per heavy atom. The normalized spacial score (nSPS) is 18.9. The van der Waals surface area contributed by atoms with Gasteiger partial charge in [0.2, 0.25) is 11.8 Å². The average molecular weight is 438 g/mol. The molecule has 0 saturated heterocycles. The Bertz CT molecular complexity index is 944. The Labute approximate surface area is 186 Å². The van der Waals surface area contributed by atoms with Gasteiger partial charge in [-0.15, -0.1) is 11.8 Å². The molecule has 2 N–H and O–H groups in total. The lowest BCUT2D eigenvalue weighted by Crippen LogP contribution is -2.52. The van der Waals surface area contributed by atoms with Crippen molar-refractivity contribution in [3.8, 4) is 0 Å². The molecule has 2 aliphatic rings. The van der Waals surface area contributed by atoms with Crippen molar-refractivity contribution in [3.63, 3.8) is 0 Å². The molecule has 4 rings (SSSR count). The lowest BCUT2D eigenvalue weighted by Gasteiger charge is -2.33. The van der Waals surface area contributed by atoms with E-state index >= 15 is 0 Å². The monoisotopic (exact) mass is 437 g/mol. The van der Waals surface area contributed by atoms with Crippen molar-refractivity contribution in [1.82, 2.24) is 10.6 Å². The maximum absolute atomic E-state index is 13.2. The fraction of sp³-hybridized carbons (Fsp3) is 0.375. The molecule has 1 heterocycles. The highest BCUT2D eigenvalue weighted by atomic mass is 32.2. The van der Waals surface area contributed by atoms with Crippen LogP contribution in [0.5, 0.6) is 0 Å². The molecule has 1 unspecified atom stereocenters. The first-order chi connectivity index (χ1) is 15.1. The fourth-order valence-electron chi connectivity index (χ4n) is 4.09. The van der Waals surface area contributed by atoms with Gasteiger partial charge in [-0.3, -0.25) is 14.4 Å². The maximum atomic E-state index is 13.2. The summed E-state index contributed by atoms with van der Waals surface area (Å²) in [6.45, 7) is 0.281. The number of hydrogen-bond acceptors (Lipinski definition) is 4. The summed E-state index contributed by atoms with van der Waals surface area (Å²) in [6.07, 6.45) is 5.42. The molecule has 0 radical (unpaired) electrons. The molecule has 1 aliphatic heterocycles. The molecule has 1 saturated carbocycles. The van der Waals surface area contributed by atoms with Crippen LogP contribution in [-0.2, 0) is 20.9 Å². The van der Waals surface area contributed by atoms with E-state index in [-0.39, 0.29) is 30.3 Å². The van der Waals surface area contributed by atoms with E-state index in [9.17, 15) is 14.4 Å². The third-order valence-corrected chi connectivity index (χ3v) is 6.96. The first-order valence-corrected chi connectivity index (χ1v) is 11.7. The second-order valence-corrected chi connectivity index (χ2v) is 9.14. The minimum atomic E-state index is -0.916. The number of fused-ring (bicyclic) bond motifs is 1. The number of nitrogens with one attached hydrogen (secondary N) is 2. The van der Waals surface area contributed by atoms with Gasteiger partial charge in [0, 0.05) is 17.5 Å². The number of amides is 3. The van der Waals surface area contributed by atoms with E-state index in [0.717, 1.165) is 36.1 Å². The van der Waals surface area contributed by atoms with Gasteiger partial charge in [0.15, 0.2) is 5.25 Å². The summed E-state index contributed by atoms with van der Waals surface area (Å²) in [4.78, 5) is 41.1. The topological polar surface area (TPSA) is 78.5 Å². The van der Waals surface area contributed by atoms with Crippen molar-refractivity contribution in [2.45, 2.75) is 54.8 Å². The van der Waals surface area contributed by atoms with Crippen LogP contribution < -0.4 is 15.5 Å². The predicted molar refractivity (Wildman–Crippen MR) is 122 cm³/mol.